The van der Waals surface area contributed by atoms with Crippen LogP contribution < -0.4 is 0 Å². The lowest BCUT2D eigenvalue weighted by Crippen LogP contribution is -2.46. The molecular formula is C7H13FO3. The SMILES string of the molecule is CC1CC(O)[C@H](F)C(CO)O1. The molecule has 1 aliphatic rings. The van der Waals surface area contributed by atoms with Crippen molar-refractivity contribution in [1.29, 1.82) is 0 Å². The summed E-state index contributed by atoms with van der Waals surface area (Å²) in [5, 5.41) is 17.7. The third-order valence-corrected chi connectivity index (χ3v) is 1.88. The second-order valence-electron chi connectivity index (χ2n) is 2.92. The summed E-state index contributed by atoms with van der Waals surface area (Å²) in [5.41, 5.74) is 0. The molecule has 0 aromatic rings. The van der Waals surface area contributed by atoms with E-state index >= 15 is 0 Å². The van der Waals surface area contributed by atoms with E-state index in [2.05, 4.69) is 0 Å². The first-order valence-electron chi connectivity index (χ1n) is 3.73. The summed E-state index contributed by atoms with van der Waals surface area (Å²) in [6, 6.07) is 0. The second kappa shape index (κ2) is 3.47. The third kappa shape index (κ3) is 1.89. The molecular weight excluding hydrogens is 151 g/mol. The first kappa shape index (κ1) is 8.90. The van der Waals surface area contributed by atoms with Gasteiger partial charge in [-0.05, 0) is 6.92 Å². The molecule has 0 saturated carbocycles. The second-order valence-corrected chi connectivity index (χ2v) is 2.92. The highest BCUT2D eigenvalue weighted by atomic mass is 19.1. The maximum atomic E-state index is 12.9. The molecule has 1 rings (SSSR count). The number of hydrogen-bond acceptors (Lipinski definition) is 3. The maximum Gasteiger partial charge on any atom is 0.154 e. The molecule has 3 unspecified atom stereocenters. The van der Waals surface area contributed by atoms with Crippen LogP contribution in [0, 0.1) is 0 Å². The van der Waals surface area contributed by atoms with Gasteiger partial charge in [-0.15, -0.1) is 0 Å². The Kier molecular flexibility index (Phi) is 2.81. The Balaban J connectivity index is 2.51. The average Bonchev–Trinajstić information content (AvgIpc) is 1.96. The molecule has 0 aliphatic carbocycles. The van der Waals surface area contributed by atoms with Gasteiger partial charge < -0.3 is 14.9 Å². The molecule has 2 N–H and O–H groups in total. The molecule has 0 bridgehead atoms. The average molecular weight is 164 g/mol. The molecule has 0 radical (unpaired) electrons. The van der Waals surface area contributed by atoms with Gasteiger partial charge in [0.05, 0.1) is 18.8 Å². The number of hydrogen-bond donors (Lipinski definition) is 2. The minimum absolute atomic E-state index is 0.172. The Hall–Kier alpha value is -0.190. The molecule has 3 nitrogen and oxygen atoms in total. The van der Waals surface area contributed by atoms with Gasteiger partial charge in [-0.25, -0.2) is 4.39 Å². The van der Waals surface area contributed by atoms with Gasteiger partial charge in [0.25, 0.3) is 0 Å². The van der Waals surface area contributed by atoms with Gasteiger partial charge in [-0.3, -0.25) is 0 Å². The summed E-state index contributed by atoms with van der Waals surface area (Å²) in [5.74, 6) is 0. The van der Waals surface area contributed by atoms with Crippen molar-refractivity contribution >= 4 is 0 Å². The Labute approximate surface area is 64.8 Å². The van der Waals surface area contributed by atoms with Gasteiger partial charge in [-0.1, -0.05) is 0 Å². The Morgan fingerprint density at radius 1 is 1.64 bits per heavy atom. The first-order valence-corrected chi connectivity index (χ1v) is 3.73. The van der Waals surface area contributed by atoms with Crippen molar-refractivity contribution in [3.05, 3.63) is 0 Å². The molecule has 1 aliphatic heterocycles. The normalized spacial score (nSPS) is 45.8. The van der Waals surface area contributed by atoms with E-state index in [1.807, 2.05) is 0 Å². The number of rotatable bonds is 1. The lowest BCUT2D eigenvalue weighted by Gasteiger charge is -2.33. The maximum absolute atomic E-state index is 12.9. The standard InChI is InChI=1S/C7H13FO3/c1-4-2-5(10)7(8)6(3-9)11-4/h4-7,9-10H,2-3H2,1H3/t4?,5?,6?,7-/m0/s1. The summed E-state index contributed by atoms with van der Waals surface area (Å²) in [6.45, 7) is 1.38. The van der Waals surface area contributed by atoms with Crippen LogP contribution in [0.15, 0.2) is 0 Å². The highest BCUT2D eigenvalue weighted by Crippen LogP contribution is 2.21. The summed E-state index contributed by atoms with van der Waals surface area (Å²) >= 11 is 0. The van der Waals surface area contributed by atoms with Crippen LogP contribution in [-0.2, 0) is 4.74 Å². The Morgan fingerprint density at radius 2 is 2.27 bits per heavy atom. The minimum atomic E-state index is -1.45. The molecule has 0 amide bonds. The smallest absolute Gasteiger partial charge is 0.154 e. The monoisotopic (exact) mass is 164 g/mol. The predicted molar refractivity (Wildman–Crippen MR) is 36.9 cm³/mol. The van der Waals surface area contributed by atoms with Crippen molar-refractivity contribution in [2.75, 3.05) is 6.61 Å². The van der Waals surface area contributed by atoms with E-state index in [4.69, 9.17) is 14.9 Å². The van der Waals surface area contributed by atoms with Crippen LogP contribution in [0.3, 0.4) is 0 Å². The fourth-order valence-electron chi connectivity index (χ4n) is 1.29. The lowest BCUT2D eigenvalue weighted by atomic mass is 10.0. The summed E-state index contributed by atoms with van der Waals surface area (Å²) in [4.78, 5) is 0. The Morgan fingerprint density at radius 3 is 2.82 bits per heavy atom. The van der Waals surface area contributed by atoms with Crippen LogP contribution >= 0.6 is 0 Å². The van der Waals surface area contributed by atoms with E-state index in [-0.39, 0.29) is 12.7 Å². The molecule has 11 heavy (non-hydrogen) atoms. The molecule has 4 heteroatoms. The van der Waals surface area contributed by atoms with Crippen LogP contribution in [0.5, 0.6) is 0 Å². The van der Waals surface area contributed by atoms with Gasteiger partial charge in [0.15, 0.2) is 6.17 Å². The van der Waals surface area contributed by atoms with Crippen LogP contribution in [0.1, 0.15) is 13.3 Å². The van der Waals surface area contributed by atoms with Crippen LogP contribution in [0.4, 0.5) is 4.39 Å². The molecule has 1 fully saturated rings. The largest absolute Gasteiger partial charge is 0.394 e. The summed E-state index contributed by atoms with van der Waals surface area (Å²) < 4.78 is 17.9. The quantitative estimate of drug-likeness (QED) is 0.567. The van der Waals surface area contributed by atoms with Crippen LogP contribution in [0.2, 0.25) is 0 Å². The molecule has 0 spiro atoms. The van der Waals surface area contributed by atoms with Crippen LogP contribution in [-0.4, -0.2) is 41.3 Å². The molecule has 1 saturated heterocycles. The summed E-state index contributed by atoms with van der Waals surface area (Å²) in [7, 11) is 0. The highest BCUT2D eigenvalue weighted by Gasteiger charge is 2.35. The zero-order chi connectivity index (χ0) is 8.43. The third-order valence-electron chi connectivity index (χ3n) is 1.88. The van der Waals surface area contributed by atoms with Crippen molar-refractivity contribution in [3.63, 3.8) is 0 Å². The zero-order valence-electron chi connectivity index (χ0n) is 6.40. The van der Waals surface area contributed by atoms with Crippen molar-refractivity contribution < 1.29 is 19.3 Å². The number of aliphatic hydroxyl groups is 2. The van der Waals surface area contributed by atoms with Crippen LogP contribution in [0.25, 0.3) is 0 Å². The number of aliphatic hydroxyl groups excluding tert-OH is 2. The molecule has 1 heterocycles. The van der Waals surface area contributed by atoms with Gasteiger partial charge in [0.1, 0.15) is 6.10 Å². The molecule has 66 valence electrons. The van der Waals surface area contributed by atoms with E-state index in [9.17, 15) is 4.39 Å². The zero-order valence-corrected chi connectivity index (χ0v) is 6.40. The van der Waals surface area contributed by atoms with E-state index in [1.165, 1.54) is 0 Å². The minimum Gasteiger partial charge on any atom is -0.394 e. The van der Waals surface area contributed by atoms with Crippen molar-refractivity contribution in [3.8, 4) is 0 Å². The number of halogens is 1. The lowest BCUT2D eigenvalue weighted by molar-refractivity contribution is -0.150. The topological polar surface area (TPSA) is 49.7 Å². The fraction of sp³-hybridized carbons (Fsp3) is 1.00. The Bertz CT molecular complexity index is 131. The predicted octanol–water partition coefficient (Wildman–Crippen LogP) is -0.145. The van der Waals surface area contributed by atoms with Gasteiger partial charge in [0, 0.05) is 6.42 Å². The number of alkyl halides is 1. The van der Waals surface area contributed by atoms with E-state index < -0.39 is 18.4 Å². The van der Waals surface area contributed by atoms with Crippen molar-refractivity contribution in [1.82, 2.24) is 0 Å². The van der Waals surface area contributed by atoms with E-state index in [1.54, 1.807) is 6.92 Å². The van der Waals surface area contributed by atoms with E-state index in [0.29, 0.717) is 6.42 Å². The molecule has 4 atom stereocenters. The molecule has 0 aromatic heterocycles. The van der Waals surface area contributed by atoms with Gasteiger partial charge in [-0.2, -0.15) is 0 Å². The number of ether oxygens (including phenoxy) is 1. The van der Waals surface area contributed by atoms with E-state index in [0.717, 1.165) is 0 Å². The van der Waals surface area contributed by atoms with Gasteiger partial charge >= 0.3 is 0 Å². The van der Waals surface area contributed by atoms with Crippen molar-refractivity contribution in [2.24, 2.45) is 0 Å². The fourth-order valence-corrected chi connectivity index (χ4v) is 1.29. The molecule has 0 aromatic carbocycles. The van der Waals surface area contributed by atoms with Gasteiger partial charge in [0.2, 0.25) is 0 Å². The summed E-state index contributed by atoms with van der Waals surface area (Å²) in [6.07, 6.45) is -3.16. The highest BCUT2D eigenvalue weighted by molar-refractivity contribution is 4.83. The van der Waals surface area contributed by atoms with Crippen molar-refractivity contribution in [2.45, 2.75) is 37.8 Å². The first-order chi connectivity index (χ1) is 5.15.